The van der Waals surface area contributed by atoms with Crippen molar-refractivity contribution in [2.24, 2.45) is 0 Å². The number of nitrogens with zero attached hydrogens (tertiary/aromatic N) is 1. The number of aromatic carboxylic acids is 1. The van der Waals surface area contributed by atoms with Crippen molar-refractivity contribution in [3.05, 3.63) is 62.7 Å². The molecule has 2 aromatic carbocycles. The van der Waals surface area contributed by atoms with Crippen LogP contribution in [0.3, 0.4) is 0 Å². The van der Waals surface area contributed by atoms with Crippen LogP contribution in [0.2, 0.25) is 5.02 Å². The Hall–Kier alpha value is -2.60. The third kappa shape index (κ3) is 3.11. The molecule has 0 amide bonds. The van der Waals surface area contributed by atoms with Crippen LogP contribution in [0, 0.1) is 17.0 Å². The molecule has 0 aliphatic heterocycles. The first-order valence-electron chi connectivity index (χ1n) is 5.94. The van der Waals surface area contributed by atoms with E-state index in [0.29, 0.717) is 16.9 Å². The average molecular weight is 307 g/mol. The van der Waals surface area contributed by atoms with Crippen molar-refractivity contribution < 1.29 is 14.8 Å². The predicted molar refractivity (Wildman–Crippen MR) is 79.5 cm³/mol. The minimum Gasteiger partial charge on any atom is -0.478 e. The summed E-state index contributed by atoms with van der Waals surface area (Å²) in [7, 11) is 0. The fraction of sp³-hybridized carbons (Fsp3) is 0.0714. The number of benzene rings is 2. The molecule has 108 valence electrons. The van der Waals surface area contributed by atoms with Crippen LogP contribution in [0.5, 0.6) is 0 Å². The molecule has 0 atom stereocenters. The molecular formula is C14H11ClN2O4. The van der Waals surface area contributed by atoms with Crippen molar-refractivity contribution in [3.63, 3.8) is 0 Å². The number of nitro benzene ring substituents is 1. The second kappa shape index (κ2) is 5.80. The first-order chi connectivity index (χ1) is 9.90. The summed E-state index contributed by atoms with van der Waals surface area (Å²) < 4.78 is 0. The second-order valence-corrected chi connectivity index (χ2v) is 4.76. The van der Waals surface area contributed by atoms with Gasteiger partial charge in [-0.2, -0.15) is 0 Å². The number of nitro groups is 1. The van der Waals surface area contributed by atoms with Crippen molar-refractivity contribution >= 4 is 34.6 Å². The van der Waals surface area contributed by atoms with Crippen LogP contribution in [0.4, 0.5) is 17.1 Å². The third-order valence-corrected chi connectivity index (χ3v) is 3.21. The van der Waals surface area contributed by atoms with Crippen LogP contribution in [0.1, 0.15) is 15.9 Å². The Labute approximate surface area is 125 Å². The van der Waals surface area contributed by atoms with Gasteiger partial charge in [-0.15, -0.1) is 0 Å². The zero-order chi connectivity index (χ0) is 15.6. The highest BCUT2D eigenvalue weighted by atomic mass is 35.5. The number of nitrogens with one attached hydrogen (secondary N) is 1. The molecule has 0 aliphatic carbocycles. The van der Waals surface area contributed by atoms with Crippen LogP contribution in [-0.4, -0.2) is 16.0 Å². The number of carbonyl (C=O) groups is 1. The van der Waals surface area contributed by atoms with Gasteiger partial charge >= 0.3 is 5.97 Å². The van der Waals surface area contributed by atoms with E-state index in [9.17, 15) is 14.9 Å². The van der Waals surface area contributed by atoms with Crippen molar-refractivity contribution in [1.29, 1.82) is 0 Å². The SMILES string of the molecule is Cc1cccc(Nc2ccc(C(=O)O)c(Cl)c2)c1[N+](=O)[O-]. The molecule has 0 radical (unpaired) electrons. The van der Waals surface area contributed by atoms with E-state index in [1.807, 2.05) is 0 Å². The van der Waals surface area contributed by atoms with Gasteiger partial charge in [0.25, 0.3) is 5.69 Å². The van der Waals surface area contributed by atoms with Gasteiger partial charge in [0.2, 0.25) is 0 Å². The smallest absolute Gasteiger partial charge is 0.337 e. The Kier molecular flexibility index (Phi) is 4.09. The maximum Gasteiger partial charge on any atom is 0.337 e. The van der Waals surface area contributed by atoms with Gasteiger partial charge in [-0.3, -0.25) is 10.1 Å². The lowest BCUT2D eigenvalue weighted by atomic mass is 10.1. The summed E-state index contributed by atoms with van der Waals surface area (Å²) in [6.45, 7) is 1.64. The van der Waals surface area contributed by atoms with Crippen molar-refractivity contribution in [1.82, 2.24) is 0 Å². The maximum atomic E-state index is 11.1. The molecule has 7 heteroatoms. The van der Waals surface area contributed by atoms with Gasteiger partial charge in [0, 0.05) is 11.3 Å². The number of anilines is 2. The molecule has 0 aromatic heterocycles. The van der Waals surface area contributed by atoms with E-state index < -0.39 is 10.9 Å². The maximum absolute atomic E-state index is 11.1. The number of hydrogen-bond donors (Lipinski definition) is 2. The first kappa shape index (κ1) is 14.8. The number of aryl methyl sites for hydroxylation is 1. The molecule has 0 fully saturated rings. The van der Waals surface area contributed by atoms with E-state index in [2.05, 4.69) is 5.32 Å². The van der Waals surface area contributed by atoms with Gasteiger partial charge in [0.1, 0.15) is 5.69 Å². The minimum absolute atomic E-state index is 0.0269. The van der Waals surface area contributed by atoms with Crippen LogP contribution >= 0.6 is 11.6 Å². The highest BCUT2D eigenvalue weighted by Crippen LogP contribution is 2.31. The van der Waals surface area contributed by atoms with Gasteiger partial charge in [0.15, 0.2) is 0 Å². The number of carboxylic acids is 1. The van der Waals surface area contributed by atoms with Crippen LogP contribution in [-0.2, 0) is 0 Å². The van der Waals surface area contributed by atoms with Gasteiger partial charge in [-0.05, 0) is 31.2 Å². The standard InChI is InChI=1S/C14H11ClN2O4/c1-8-3-2-4-12(13(8)17(20)21)16-9-5-6-10(14(18)19)11(15)7-9/h2-7,16H,1H3,(H,18,19). The van der Waals surface area contributed by atoms with E-state index in [1.54, 1.807) is 25.1 Å². The van der Waals surface area contributed by atoms with Gasteiger partial charge in [-0.1, -0.05) is 23.7 Å². The van der Waals surface area contributed by atoms with Crippen molar-refractivity contribution in [2.45, 2.75) is 6.92 Å². The van der Waals surface area contributed by atoms with E-state index in [0.717, 1.165) is 0 Å². The van der Waals surface area contributed by atoms with Crippen molar-refractivity contribution in [3.8, 4) is 0 Å². The Morgan fingerprint density at radius 1 is 1.33 bits per heavy atom. The monoisotopic (exact) mass is 306 g/mol. The lowest BCUT2D eigenvalue weighted by molar-refractivity contribution is -0.384. The van der Waals surface area contributed by atoms with Crippen LogP contribution in [0.15, 0.2) is 36.4 Å². The fourth-order valence-corrected chi connectivity index (χ4v) is 2.19. The lowest BCUT2D eigenvalue weighted by Crippen LogP contribution is -2.01. The summed E-state index contributed by atoms with van der Waals surface area (Å²) >= 11 is 5.87. The Morgan fingerprint density at radius 3 is 2.62 bits per heavy atom. The topological polar surface area (TPSA) is 92.5 Å². The fourth-order valence-electron chi connectivity index (χ4n) is 1.92. The number of hydrogen-bond acceptors (Lipinski definition) is 4. The number of carboxylic acid groups (broad SMARTS) is 1. The third-order valence-electron chi connectivity index (χ3n) is 2.90. The molecule has 2 N–H and O–H groups in total. The zero-order valence-corrected chi connectivity index (χ0v) is 11.7. The summed E-state index contributed by atoms with van der Waals surface area (Å²) in [6.07, 6.45) is 0. The van der Waals surface area contributed by atoms with E-state index >= 15 is 0 Å². The van der Waals surface area contributed by atoms with Crippen LogP contribution < -0.4 is 5.32 Å². The minimum atomic E-state index is -1.13. The summed E-state index contributed by atoms with van der Waals surface area (Å²) in [5.41, 5.74) is 1.26. The van der Waals surface area contributed by atoms with E-state index in [-0.39, 0.29) is 16.3 Å². The van der Waals surface area contributed by atoms with E-state index in [1.165, 1.54) is 18.2 Å². The highest BCUT2D eigenvalue weighted by molar-refractivity contribution is 6.33. The molecular weight excluding hydrogens is 296 g/mol. The molecule has 21 heavy (non-hydrogen) atoms. The Bertz CT molecular complexity index is 731. The quantitative estimate of drug-likeness (QED) is 0.658. The zero-order valence-electron chi connectivity index (χ0n) is 11.0. The summed E-state index contributed by atoms with van der Waals surface area (Å²) in [5.74, 6) is -1.13. The predicted octanol–water partition coefficient (Wildman–Crippen LogP) is 4.00. The second-order valence-electron chi connectivity index (χ2n) is 4.35. The molecule has 0 heterocycles. The molecule has 0 saturated heterocycles. The Morgan fingerprint density at radius 2 is 2.05 bits per heavy atom. The van der Waals surface area contributed by atoms with E-state index in [4.69, 9.17) is 16.7 Å². The molecule has 2 rings (SSSR count). The number of para-hydroxylation sites is 1. The largest absolute Gasteiger partial charge is 0.478 e. The first-order valence-corrected chi connectivity index (χ1v) is 6.32. The summed E-state index contributed by atoms with van der Waals surface area (Å²) in [5, 5.41) is 23.0. The molecule has 2 aromatic rings. The summed E-state index contributed by atoms with van der Waals surface area (Å²) in [6, 6.07) is 9.17. The molecule has 0 bridgehead atoms. The lowest BCUT2D eigenvalue weighted by Gasteiger charge is -2.09. The Balaban J connectivity index is 2.39. The molecule has 0 aliphatic rings. The van der Waals surface area contributed by atoms with Gasteiger partial charge in [-0.25, -0.2) is 4.79 Å². The molecule has 0 unspecified atom stereocenters. The van der Waals surface area contributed by atoms with Gasteiger partial charge < -0.3 is 10.4 Å². The molecule has 6 nitrogen and oxygen atoms in total. The number of rotatable bonds is 4. The van der Waals surface area contributed by atoms with Gasteiger partial charge in [0.05, 0.1) is 15.5 Å². The molecule has 0 spiro atoms. The molecule has 0 saturated carbocycles. The summed E-state index contributed by atoms with van der Waals surface area (Å²) in [4.78, 5) is 21.5. The normalized spacial score (nSPS) is 10.2. The average Bonchev–Trinajstić information content (AvgIpc) is 2.37. The highest BCUT2D eigenvalue weighted by Gasteiger charge is 2.17. The van der Waals surface area contributed by atoms with Crippen molar-refractivity contribution in [2.75, 3.05) is 5.32 Å². The van der Waals surface area contributed by atoms with Crippen LogP contribution in [0.25, 0.3) is 0 Å². The number of halogens is 1.